The standard InChI is InChI=1S/C18H29FN2/c1-4-8-20-14-15-11-16(19)13-17(12-15)21-9-6-18(3,5-2)7-10-21/h11-13,20H,4-10,14H2,1-3H3. The number of rotatable bonds is 6. The second-order valence-electron chi connectivity index (χ2n) is 6.65. The van der Waals surface area contributed by atoms with Crippen LogP contribution in [0.1, 0.15) is 52.0 Å². The van der Waals surface area contributed by atoms with Gasteiger partial charge in [-0.15, -0.1) is 0 Å². The molecule has 2 nitrogen and oxygen atoms in total. The molecule has 1 heterocycles. The molecule has 0 spiro atoms. The van der Waals surface area contributed by atoms with Crippen molar-refractivity contribution in [3.63, 3.8) is 0 Å². The molecule has 0 unspecified atom stereocenters. The summed E-state index contributed by atoms with van der Waals surface area (Å²) in [4.78, 5) is 2.34. The SMILES string of the molecule is CCCNCc1cc(F)cc(N2CCC(C)(CC)CC2)c1. The van der Waals surface area contributed by atoms with Gasteiger partial charge in [0.2, 0.25) is 0 Å². The van der Waals surface area contributed by atoms with E-state index in [4.69, 9.17) is 0 Å². The molecule has 1 N–H and O–H groups in total. The van der Waals surface area contributed by atoms with Crippen LogP contribution in [0.3, 0.4) is 0 Å². The summed E-state index contributed by atoms with van der Waals surface area (Å²) >= 11 is 0. The van der Waals surface area contributed by atoms with Gasteiger partial charge in [0, 0.05) is 25.3 Å². The van der Waals surface area contributed by atoms with Gasteiger partial charge >= 0.3 is 0 Å². The van der Waals surface area contributed by atoms with Crippen molar-refractivity contribution in [2.45, 2.75) is 53.0 Å². The molecule has 2 rings (SSSR count). The number of hydrogen-bond donors (Lipinski definition) is 1. The summed E-state index contributed by atoms with van der Waals surface area (Å²) in [6, 6.07) is 5.46. The quantitative estimate of drug-likeness (QED) is 0.785. The summed E-state index contributed by atoms with van der Waals surface area (Å²) in [7, 11) is 0. The number of benzene rings is 1. The zero-order valence-electron chi connectivity index (χ0n) is 13.7. The molecule has 0 amide bonds. The van der Waals surface area contributed by atoms with Crippen molar-refractivity contribution >= 4 is 5.69 Å². The number of nitrogens with one attached hydrogen (secondary N) is 1. The molecule has 1 aliphatic rings. The first-order valence-corrected chi connectivity index (χ1v) is 8.31. The van der Waals surface area contributed by atoms with E-state index in [1.165, 1.54) is 19.3 Å². The van der Waals surface area contributed by atoms with Gasteiger partial charge in [-0.2, -0.15) is 0 Å². The fourth-order valence-electron chi connectivity index (χ4n) is 2.99. The number of halogens is 1. The Bertz CT molecular complexity index is 451. The molecule has 0 radical (unpaired) electrons. The molecule has 1 aromatic rings. The Morgan fingerprint density at radius 2 is 1.90 bits per heavy atom. The van der Waals surface area contributed by atoms with E-state index in [-0.39, 0.29) is 5.82 Å². The Morgan fingerprint density at radius 1 is 1.19 bits per heavy atom. The second kappa shape index (κ2) is 7.26. The Kier molecular flexibility index (Phi) is 5.63. The summed E-state index contributed by atoms with van der Waals surface area (Å²) in [5.41, 5.74) is 2.55. The van der Waals surface area contributed by atoms with Crippen LogP contribution in [-0.2, 0) is 6.54 Å². The average molecular weight is 292 g/mol. The molecular weight excluding hydrogens is 263 g/mol. The van der Waals surface area contributed by atoms with E-state index < -0.39 is 0 Å². The first kappa shape index (κ1) is 16.3. The zero-order valence-corrected chi connectivity index (χ0v) is 13.7. The fraction of sp³-hybridized carbons (Fsp3) is 0.667. The van der Waals surface area contributed by atoms with Gasteiger partial charge in [-0.1, -0.05) is 27.2 Å². The van der Waals surface area contributed by atoms with E-state index in [1.54, 1.807) is 12.1 Å². The second-order valence-corrected chi connectivity index (χ2v) is 6.65. The van der Waals surface area contributed by atoms with Crippen LogP contribution in [0.5, 0.6) is 0 Å². The lowest BCUT2D eigenvalue weighted by molar-refractivity contribution is 0.238. The highest BCUT2D eigenvalue weighted by atomic mass is 19.1. The van der Waals surface area contributed by atoms with Crippen LogP contribution in [0.15, 0.2) is 18.2 Å². The van der Waals surface area contributed by atoms with E-state index in [1.807, 2.05) is 0 Å². The van der Waals surface area contributed by atoms with Crippen LogP contribution >= 0.6 is 0 Å². The van der Waals surface area contributed by atoms with Gasteiger partial charge in [-0.05, 0) is 55.0 Å². The van der Waals surface area contributed by atoms with Crippen molar-refractivity contribution in [3.05, 3.63) is 29.6 Å². The lowest BCUT2D eigenvalue weighted by atomic mass is 9.78. The highest BCUT2D eigenvalue weighted by molar-refractivity contribution is 5.49. The van der Waals surface area contributed by atoms with Crippen LogP contribution in [0.25, 0.3) is 0 Å². The molecule has 21 heavy (non-hydrogen) atoms. The fourth-order valence-corrected chi connectivity index (χ4v) is 2.99. The molecule has 1 saturated heterocycles. The summed E-state index contributed by atoms with van der Waals surface area (Å²) in [5.74, 6) is -0.121. The highest BCUT2D eigenvalue weighted by Gasteiger charge is 2.28. The molecule has 1 fully saturated rings. The van der Waals surface area contributed by atoms with Crippen LogP contribution in [-0.4, -0.2) is 19.6 Å². The van der Waals surface area contributed by atoms with Crippen LogP contribution in [0.2, 0.25) is 0 Å². The molecule has 0 aromatic heterocycles. The van der Waals surface area contributed by atoms with Crippen molar-refractivity contribution < 1.29 is 4.39 Å². The van der Waals surface area contributed by atoms with E-state index in [0.717, 1.165) is 43.9 Å². The van der Waals surface area contributed by atoms with Gasteiger partial charge in [0.1, 0.15) is 5.82 Å². The molecule has 118 valence electrons. The van der Waals surface area contributed by atoms with Crippen LogP contribution in [0, 0.1) is 11.2 Å². The minimum atomic E-state index is -0.121. The third-order valence-corrected chi connectivity index (χ3v) is 4.89. The topological polar surface area (TPSA) is 15.3 Å². The number of nitrogens with zero attached hydrogens (tertiary/aromatic N) is 1. The predicted molar refractivity (Wildman–Crippen MR) is 88.2 cm³/mol. The first-order chi connectivity index (χ1) is 10.1. The molecule has 3 heteroatoms. The lowest BCUT2D eigenvalue weighted by Crippen LogP contribution is -2.38. The van der Waals surface area contributed by atoms with E-state index in [2.05, 4.69) is 37.1 Å². The van der Waals surface area contributed by atoms with Crippen molar-refractivity contribution in [2.24, 2.45) is 5.41 Å². The minimum absolute atomic E-state index is 0.121. The van der Waals surface area contributed by atoms with Crippen LogP contribution < -0.4 is 10.2 Å². The van der Waals surface area contributed by atoms with E-state index >= 15 is 0 Å². The maximum Gasteiger partial charge on any atom is 0.125 e. The number of piperidine rings is 1. The number of anilines is 1. The smallest absolute Gasteiger partial charge is 0.125 e. The van der Waals surface area contributed by atoms with Gasteiger partial charge in [0.05, 0.1) is 0 Å². The third kappa shape index (κ3) is 4.44. The first-order valence-electron chi connectivity index (χ1n) is 8.31. The summed E-state index contributed by atoms with van der Waals surface area (Å²) in [5, 5.41) is 3.35. The van der Waals surface area contributed by atoms with Gasteiger partial charge in [0.25, 0.3) is 0 Å². The Morgan fingerprint density at radius 3 is 2.52 bits per heavy atom. The van der Waals surface area contributed by atoms with Gasteiger partial charge < -0.3 is 10.2 Å². The average Bonchev–Trinajstić information content (AvgIpc) is 2.48. The Hall–Kier alpha value is -1.09. The molecule has 1 aromatic carbocycles. The van der Waals surface area contributed by atoms with Gasteiger partial charge in [-0.3, -0.25) is 0 Å². The Balaban J connectivity index is 2.03. The minimum Gasteiger partial charge on any atom is -0.371 e. The normalized spacial score (nSPS) is 18.0. The van der Waals surface area contributed by atoms with Gasteiger partial charge in [0.15, 0.2) is 0 Å². The van der Waals surface area contributed by atoms with Crippen molar-refractivity contribution in [3.8, 4) is 0 Å². The van der Waals surface area contributed by atoms with Crippen molar-refractivity contribution in [1.29, 1.82) is 0 Å². The maximum atomic E-state index is 13.9. The zero-order chi connectivity index (χ0) is 15.3. The maximum absolute atomic E-state index is 13.9. The van der Waals surface area contributed by atoms with Crippen LogP contribution in [0.4, 0.5) is 10.1 Å². The molecule has 0 saturated carbocycles. The van der Waals surface area contributed by atoms with Crippen molar-refractivity contribution in [1.82, 2.24) is 5.32 Å². The molecular formula is C18H29FN2. The number of hydrogen-bond acceptors (Lipinski definition) is 2. The predicted octanol–water partition coefficient (Wildman–Crippen LogP) is 4.34. The van der Waals surface area contributed by atoms with Gasteiger partial charge in [-0.25, -0.2) is 4.39 Å². The molecule has 1 aliphatic heterocycles. The lowest BCUT2D eigenvalue weighted by Gasteiger charge is -2.40. The summed E-state index contributed by atoms with van der Waals surface area (Å²) < 4.78 is 13.9. The monoisotopic (exact) mass is 292 g/mol. The van der Waals surface area contributed by atoms with E-state index in [0.29, 0.717) is 5.41 Å². The van der Waals surface area contributed by atoms with E-state index in [9.17, 15) is 4.39 Å². The summed E-state index contributed by atoms with van der Waals surface area (Å²) in [6.45, 7) is 10.6. The van der Waals surface area contributed by atoms with Crippen molar-refractivity contribution in [2.75, 3.05) is 24.5 Å². The summed E-state index contributed by atoms with van der Waals surface area (Å²) in [6.07, 6.45) is 4.73. The molecule has 0 atom stereocenters. The third-order valence-electron chi connectivity index (χ3n) is 4.89. The highest BCUT2D eigenvalue weighted by Crippen LogP contribution is 2.35. The molecule has 0 bridgehead atoms. The molecule has 0 aliphatic carbocycles. The Labute approximate surface area is 128 Å². The largest absolute Gasteiger partial charge is 0.371 e.